The van der Waals surface area contributed by atoms with Gasteiger partial charge in [-0.25, -0.2) is 0 Å². The number of aliphatic hydroxyl groups excluding tert-OH is 1. The summed E-state index contributed by atoms with van der Waals surface area (Å²) in [6.45, 7) is 4.10. The van der Waals surface area contributed by atoms with Gasteiger partial charge in [0, 0.05) is 54.2 Å². The highest BCUT2D eigenvalue weighted by molar-refractivity contribution is 9.10. The van der Waals surface area contributed by atoms with E-state index < -0.39 is 17.4 Å². The Kier molecular flexibility index (Phi) is 9.95. The molecule has 1 fully saturated rings. The molecule has 5 rings (SSSR count). The molecule has 0 radical (unpaired) electrons. The topological polar surface area (TPSA) is 113 Å². The van der Waals surface area contributed by atoms with Gasteiger partial charge in [-0.15, -0.1) is 0 Å². The molecule has 1 saturated heterocycles. The van der Waals surface area contributed by atoms with Crippen LogP contribution in [-0.2, 0) is 33.1 Å². The summed E-state index contributed by atoms with van der Waals surface area (Å²) >= 11 is 3.49. The Morgan fingerprint density at radius 2 is 1.84 bits per heavy atom. The van der Waals surface area contributed by atoms with Crippen molar-refractivity contribution in [2.75, 3.05) is 42.6 Å². The predicted molar refractivity (Wildman–Crippen MR) is 173 cm³/mol. The van der Waals surface area contributed by atoms with E-state index in [9.17, 15) is 24.6 Å². The number of hydrogen-bond acceptors (Lipinski definition) is 6. The second kappa shape index (κ2) is 13.9. The second-order valence-electron chi connectivity index (χ2n) is 11.2. The lowest BCUT2D eigenvalue weighted by Crippen LogP contribution is -2.48. The number of aliphatic hydroxyl groups is 2. The molecule has 0 bridgehead atoms. The zero-order valence-corrected chi connectivity index (χ0v) is 26.2. The van der Waals surface area contributed by atoms with Crippen LogP contribution in [0.15, 0.2) is 89.4 Å². The minimum Gasteiger partial charge on any atom is -0.395 e. The number of fused-ring (bicyclic) bond motifs is 1. The van der Waals surface area contributed by atoms with E-state index in [1.807, 2.05) is 66.7 Å². The fourth-order valence-electron chi connectivity index (χ4n) is 5.78. The van der Waals surface area contributed by atoms with E-state index in [1.165, 1.54) is 0 Å². The number of nitrogens with zero attached hydrogens (tertiary/aromatic N) is 3. The molecule has 3 N–H and O–H groups in total. The van der Waals surface area contributed by atoms with Crippen molar-refractivity contribution in [3.8, 4) is 0 Å². The molecule has 0 aromatic heterocycles. The van der Waals surface area contributed by atoms with Gasteiger partial charge in [-0.1, -0.05) is 77.5 Å². The van der Waals surface area contributed by atoms with Crippen molar-refractivity contribution in [3.05, 3.63) is 106 Å². The molecule has 2 heterocycles. The van der Waals surface area contributed by atoms with Crippen LogP contribution in [0.3, 0.4) is 0 Å². The van der Waals surface area contributed by atoms with Gasteiger partial charge in [0.15, 0.2) is 5.60 Å². The van der Waals surface area contributed by atoms with Crippen molar-refractivity contribution in [1.82, 2.24) is 10.2 Å². The van der Waals surface area contributed by atoms with Gasteiger partial charge in [0.2, 0.25) is 11.8 Å². The monoisotopic (exact) mass is 660 g/mol. The maximum Gasteiger partial charge on any atom is 0.264 e. The number of anilines is 2. The van der Waals surface area contributed by atoms with Crippen molar-refractivity contribution in [3.63, 3.8) is 0 Å². The average Bonchev–Trinajstić information content (AvgIpc) is 3.24. The van der Waals surface area contributed by atoms with Crippen LogP contribution in [0, 0.1) is 5.92 Å². The number of carbonyl (C=O) groups is 3. The number of amides is 3. The highest BCUT2D eigenvalue weighted by Gasteiger charge is 2.52. The van der Waals surface area contributed by atoms with Crippen LogP contribution in [0.25, 0.3) is 0 Å². The molecule has 0 saturated carbocycles. The molecular weight excluding hydrogens is 624 g/mol. The molecule has 230 valence electrons. The fourth-order valence-corrected chi connectivity index (χ4v) is 6.14. The normalized spacial score (nSPS) is 19.0. The van der Waals surface area contributed by atoms with Crippen molar-refractivity contribution in [2.24, 2.45) is 5.92 Å². The van der Waals surface area contributed by atoms with E-state index in [-0.39, 0.29) is 37.9 Å². The Morgan fingerprint density at radius 3 is 2.55 bits per heavy atom. The Morgan fingerprint density at radius 1 is 1.09 bits per heavy atom. The SMILES string of the molecule is C[C@H](/C=C/CC(=O)N(CCO)Cc1ccccc1)[C@@]1(O)C(=O)N(Cc2ccc(N3CCNCC3=O)cc2)c2ccc(Br)cc21. The van der Waals surface area contributed by atoms with Crippen LogP contribution in [0.1, 0.15) is 30.0 Å². The Balaban J connectivity index is 1.31. The summed E-state index contributed by atoms with van der Waals surface area (Å²) in [6, 6.07) is 22.6. The Hall–Kier alpha value is -3.83. The fraction of sp³-hybridized carbons (Fsp3) is 0.324. The molecule has 10 heteroatoms. The summed E-state index contributed by atoms with van der Waals surface area (Å²) < 4.78 is 0.737. The molecule has 0 spiro atoms. The van der Waals surface area contributed by atoms with E-state index in [1.54, 1.807) is 39.8 Å². The van der Waals surface area contributed by atoms with Crippen LogP contribution in [-0.4, -0.2) is 65.6 Å². The van der Waals surface area contributed by atoms with Gasteiger partial charge in [0.05, 0.1) is 25.4 Å². The van der Waals surface area contributed by atoms with Crippen molar-refractivity contribution in [1.29, 1.82) is 0 Å². The van der Waals surface area contributed by atoms with E-state index in [0.29, 0.717) is 30.9 Å². The predicted octanol–water partition coefficient (Wildman–Crippen LogP) is 3.72. The molecule has 3 aromatic rings. The molecule has 3 amide bonds. The number of benzene rings is 3. The molecule has 0 aliphatic carbocycles. The van der Waals surface area contributed by atoms with Gasteiger partial charge in [-0.3, -0.25) is 14.4 Å². The summed E-state index contributed by atoms with van der Waals surface area (Å²) in [5.74, 6) is -1.22. The average molecular weight is 662 g/mol. The maximum atomic E-state index is 14.0. The third-order valence-corrected chi connectivity index (χ3v) is 8.72. The Bertz CT molecular complexity index is 1530. The quantitative estimate of drug-likeness (QED) is 0.270. The molecular formula is C34H37BrN4O5. The summed E-state index contributed by atoms with van der Waals surface area (Å²) in [4.78, 5) is 44.2. The molecule has 3 aromatic carbocycles. The third-order valence-electron chi connectivity index (χ3n) is 8.22. The van der Waals surface area contributed by atoms with Crippen molar-refractivity contribution >= 4 is 45.0 Å². The number of halogens is 1. The largest absolute Gasteiger partial charge is 0.395 e. The first-order valence-corrected chi connectivity index (χ1v) is 15.5. The summed E-state index contributed by atoms with van der Waals surface area (Å²) in [6.07, 6.45) is 3.46. The van der Waals surface area contributed by atoms with Gasteiger partial charge in [-0.2, -0.15) is 0 Å². The van der Waals surface area contributed by atoms with Gasteiger partial charge in [0.25, 0.3) is 5.91 Å². The summed E-state index contributed by atoms with van der Waals surface area (Å²) in [7, 11) is 0. The van der Waals surface area contributed by atoms with E-state index in [4.69, 9.17) is 0 Å². The van der Waals surface area contributed by atoms with Gasteiger partial charge >= 0.3 is 0 Å². The highest BCUT2D eigenvalue weighted by Crippen LogP contribution is 2.46. The lowest BCUT2D eigenvalue weighted by molar-refractivity contribution is -0.139. The van der Waals surface area contributed by atoms with Crippen molar-refractivity contribution < 1.29 is 24.6 Å². The van der Waals surface area contributed by atoms with Crippen LogP contribution in [0.4, 0.5) is 11.4 Å². The van der Waals surface area contributed by atoms with Crippen LogP contribution >= 0.6 is 15.9 Å². The minimum atomic E-state index is -1.83. The van der Waals surface area contributed by atoms with Crippen LogP contribution in [0.5, 0.6) is 0 Å². The van der Waals surface area contributed by atoms with E-state index in [2.05, 4.69) is 21.2 Å². The lowest BCUT2D eigenvalue weighted by atomic mass is 9.83. The van der Waals surface area contributed by atoms with Gasteiger partial charge < -0.3 is 30.2 Å². The van der Waals surface area contributed by atoms with Gasteiger partial charge in [-0.05, 0) is 41.5 Å². The molecule has 2 aliphatic heterocycles. The highest BCUT2D eigenvalue weighted by atomic mass is 79.9. The molecule has 2 atom stereocenters. The van der Waals surface area contributed by atoms with Crippen LogP contribution < -0.4 is 15.1 Å². The smallest absolute Gasteiger partial charge is 0.264 e. The zero-order valence-electron chi connectivity index (χ0n) is 24.7. The minimum absolute atomic E-state index is 0.0179. The standard InChI is InChI=1S/C34H37BrN4O5/c1-24(6-5-9-31(41)37(18-19-40)22-25-7-3-2-4-8-25)34(44)29-20-27(35)12-15-30(29)39(33(34)43)23-26-10-13-28(14-11-26)38-17-16-36-21-32(38)42/h2-8,10-15,20,24,36,40,44H,9,16-19,21-23H2,1H3/b6-5+/t24-,34+/m1/s1. The van der Waals surface area contributed by atoms with Crippen molar-refractivity contribution in [2.45, 2.75) is 32.0 Å². The first kappa shape index (κ1) is 31.6. The van der Waals surface area contributed by atoms with Gasteiger partial charge in [0.1, 0.15) is 0 Å². The number of piperazine rings is 1. The molecule has 44 heavy (non-hydrogen) atoms. The third kappa shape index (κ3) is 6.63. The van der Waals surface area contributed by atoms with E-state index in [0.717, 1.165) is 27.8 Å². The summed E-state index contributed by atoms with van der Waals surface area (Å²) in [5.41, 5.74) is 1.92. The van der Waals surface area contributed by atoms with E-state index >= 15 is 0 Å². The zero-order chi connectivity index (χ0) is 31.3. The molecule has 0 unspecified atom stereocenters. The van der Waals surface area contributed by atoms with Crippen LogP contribution in [0.2, 0.25) is 0 Å². The Labute approximate surface area is 265 Å². The lowest BCUT2D eigenvalue weighted by Gasteiger charge is -2.28. The summed E-state index contributed by atoms with van der Waals surface area (Å²) in [5, 5.41) is 24.6. The number of carbonyl (C=O) groups excluding carboxylic acids is 3. The number of nitrogens with one attached hydrogen (secondary N) is 1. The maximum absolute atomic E-state index is 14.0. The molecule has 2 aliphatic rings. The first-order chi connectivity index (χ1) is 21.2. The number of rotatable bonds is 11. The second-order valence-corrected chi connectivity index (χ2v) is 12.1. The first-order valence-electron chi connectivity index (χ1n) is 14.8. The number of hydrogen-bond donors (Lipinski definition) is 3. The molecule has 9 nitrogen and oxygen atoms in total.